The number of nitrogens with zero attached hydrogens (tertiary/aromatic N) is 2. The Bertz CT molecular complexity index is 1510. The number of ether oxygens (including phenoxy) is 1. The van der Waals surface area contributed by atoms with Gasteiger partial charge in [0.15, 0.2) is 6.10 Å². The van der Waals surface area contributed by atoms with E-state index in [1.807, 2.05) is 11.4 Å². The standard InChI is InChI=1S/C28H26F3N3O4S/c1-38-12-4-5-17-13-22(39-16-17)27(9-10-27)26-32-21-8-3-11-34(15-20(21)24(36)33-26)25(37)23(35)18-6-2-7-19(14-18)28(29,30)31/h2,6-7,13-14,16,23,35H,3,8-12,15H2,1H3,(H,32,33,36)/t23-/m1/s1. The van der Waals surface area contributed by atoms with Crippen molar-refractivity contribution in [2.24, 2.45) is 0 Å². The molecule has 0 bridgehead atoms. The van der Waals surface area contributed by atoms with E-state index in [1.54, 1.807) is 18.4 Å². The van der Waals surface area contributed by atoms with Crippen LogP contribution in [0.25, 0.3) is 0 Å². The molecule has 1 amide bonds. The molecule has 11 heteroatoms. The summed E-state index contributed by atoms with van der Waals surface area (Å²) in [5, 5.41) is 12.6. The average molecular weight is 558 g/mol. The number of halogens is 3. The summed E-state index contributed by atoms with van der Waals surface area (Å²) in [6.07, 6.45) is -3.74. The van der Waals surface area contributed by atoms with Crippen LogP contribution in [0.5, 0.6) is 0 Å². The monoisotopic (exact) mass is 557 g/mol. The van der Waals surface area contributed by atoms with Gasteiger partial charge in [0, 0.05) is 29.5 Å². The third-order valence-electron chi connectivity index (χ3n) is 7.09. The number of amides is 1. The van der Waals surface area contributed by atoms with Crippen molar-refractivity contribution in [3.8, 4) is 11.8 Å². The van der Waals surface area contributed by atoms with Crippen molar-refractivity contribution >= 4 is 17.2 Å². The normalized spacial score (nSPS) is 17.0. The Kier molecular flexibility index (Phi) is 7.37. The molecule has 2 aliphatic rings. The number of H-pyrrole nitrogens is 1. The number of hydrogen-bond acceptors (Lipinski definition) is 6. The van der Waals surface area contributed by atoms with Crippen molar-refractivity contribution in [3.05, 3.63) is 84.7 Å². The molecule has 2 aromatic heterocycles. The molecule has 3 aromatic rings. The molecular formula is C28H26F3N3O4S. The molecule has 0 spiro atoms. The largest absolute Gasteiger partial charge is 0.416 e. The van der Waals surface area contributed by atoms with Gasteiger partial charge < -0.3 is 19.7 Å². The Hall–Kier alpha value is -3.46. The number of rotatable bonds is 5. The lowest BCUT2D eigenvalue weighted by molar-refractivity contribution is -0.142. The van der Waals surface area contributed by atoms with Crippen molar-refractivity contribution in [1.29, 1.82) is 0 Å². The van der Waals surface area contributed by atoms with Crippen LogP contribution in [-0.2, 0) is 34.1 Å². The number of nitrogens with one attached hydrogen (secondary N) is 1. The van der Waals surface area contributed by atoms with Crippen LogP contribution in [0.1, 0.15) is 64.0 Å². The quantitative estimate of drug-likeness (QED) is 0.464. The third kappa shape index (κ3) is 5.50. The number of alkyl halides is 3. The van der Waals surface area contributed by atoms with E-state index in [-0.39, 0.29) is 29.6 Å². The minimum Gasteiger partial charge on any atom is -0.378 e. The van der Waals surface area contributed by atoms with Gasteiger partial charge in [-0.3, -0.25) is 9.59 Å². The van der Waals surface area contributed by atoms with Gasteiger partial charge in [0.1, 0.15) is 12.4 Å². The molecule has 5 rings (SSSR count). The number of aliphatic hydroxyl groups is 1. The highest BCUT2D eigenvalue weighted by atomic mass is 32.1. The van der Waals surface area contributed by atoms with Crippen LogP contribution in [0.3, 0.4) is 0 Å². The van der Waals surface area contributed by atoms with Gasteiger partial charge in [-0.05, 0) is 49.4 Å². The fraction of sp³-hybridized carbons (Fsp3) is 0.393. The van der Waals surface area contributed by atoms with Crippen LogP contribution in [0, 0.1) is 11.8 Å². The molecule has 1 saturated carbocycles. The molecule has 1 aromatic carbocycles. The smallest absolute Gasteiger partial charge is 0.378 e. The number of methoxy groups -OCH3 is 1. The van der Waals surface area contributed by atoms with Crippen molar-refractivity contribution in [1.82, 2.24) is 14.9 Å². The zero-order chi connectivity index (χ0) is 27.8. The number of aryl methyl sites for hydroxylation is 1. The van der Waals surface area contributed by atoms with Gasteiger partial charge in [0.05, 0.1) is 28.8 Å². The summed E-state index contributed by atoms with van der Waals surface area (Å²) in [4.78, 5) is 36.5. The van der Waals surface area contributed by atoms with Crippen molar-refractivity contribution in [3.63, 3.8) is 0 Å². The Balaban J connectivity index is 1.38. The lowest BCUT2D eigenvalue weighted by atomic mass is 10.0. The fourth-order valence-corrected chi connectivity index (χ4v) is 5.93. The highest BCUT2D eigenvalue weighted by Gasteiger charge is 2.50. The zero-order valence-corrected chi connectivity index (χ0v) is 21.9. The third-order valence-corrected chi connectivity index (χ3v) is 8.22. The molecule has 7 nitrogen and oxygen atoms in total. The molecule has 3 heterocycles. The topological polar surface area (TPSA) is 95.5 Å². The second kappa shape index (κ2) is 10.6. The molecule has 1 atom stereocenters. The first-order valence-electron chi connectivity index (χ1n) is 12.5. The minimum absolute atomic E-state index is 0.0853. The molecule has 39 heavy (non-hydrogen) atoms. The van der Waals surface area contributed by atoms with E-state index in [4.69, 9.17) is 9.72 Å². The summed E-state index contributed by atoms with van der Waals surface area (Å²) in [5.41, 5.74) is -0.0269. The Morgan fingerprint density at radius 3 is 2.85 bits per heavy atom. The number of aromatic amines is 1. The van der Waals surface area contributed by atoms with E-state index in [0.717, 1.165) is 41.5 Å². The molecule has 204 valence electrons. The first-order chi connectivity index (χ1) is 18.6. The van der Waals surface area contributed by atoms with Crippen molar-refractivity contribution < 1.29 is 27.8 Å². The summed E-state index contributed by atoms with van der Waals surface area (Å²) in [5.74, 6) is 5.83. The van der Waals surface area contributed by atoms with Crippen LogP contribution in [-0.4, -0.2) is 46.1 Å². The van der Waals surface area contributed by atoms with E-state index in [0.29, 0.717) is 36.5 Å². The minimum atomic E-state index is -4.60. The predicted molar refractivity (Wildman–Crippen MR) is 138 cm³/mol. The van der Waals surface area contributed by atoms with Gasteiger partial charge in [-0.2, -0.15) is 13.2 Å². The summed E-state index contributed by atoms with van der Waals surface area (Å²) < 4.78 is 44.3. The van der Waals surface area contributed by atoms with Crippen molar-refractivity contribution in [2.75, 3.05) is 20.3 Å². The second-order valence-corrected chi connectivity index (χ2v) is 10.7. The van der Waals surface area contributed by atoms with Crippen LogP contribution < -0.4 is 5.56 Å². The predicted octanol–water partition coefficient (Wildman–Crippen LogP) is 3.94. The zero-order valence-electron chi connectivity index (χ0n) is 21.1. The number of carbonyl (C=O) groups excluding carboxylic acids is 1. The molecular weight excluding hydrogens is 531 g/mol. The highest BCUT2D eigenvalue weighted by molar-refractivity contribution is 7.10. The maximum Gasteiger partial charge on any atom is 0.416 e. The number of hydrogen-bond donors (Lipinski definition) is 2. The first-order valence-corrected chi connectivity index (χ1v) is 13.3. The number of fused-ring (bicyclic) bond motifs is 1. The molecule has 2 N–H and O–H groups in total. The van der Waals surface area contributed by atoms with Crippen LogP contribution in [0.15, 0.2) is 40.5 Å². The van der Waals surface area contributed by atoms with E-state index in [9.17, 15) is 27.9 Å². The van der Waals surface area contributed by atoms with Gasteiger partial charge in [0.25, 0.3) is 11.5 Å². The van der Waals surface area contributed by atoms with E-state index in [1.165, 1.54) is 11.0 Å². The first kappa shape index (κ1) is 27.1. The Labute approximate surface area is 226 Å². The number of carbonyl (C=O) groups is 1. The maximum absolute atomic E-state index is 13.2. The van der Waals surface area contributed by atoms with Crippen LogP contribution in [0.2, 0.25) is 0 Å². The number of aliphatic hydroxyl groups excluding tert-OH is 1. The van der Waals surface area contributed by atoms with E-state index >= 15 is 0 Å². The van der Waals surface area contributed by atoms with Crippen molar-refractivity contribution in [2.45, 2.75) is 49.9 Å². The molecule has 0 radical (unpaired) electrons. The van der Waals surface area contributed by atoms with Gasteiger partial charge in [-0.15, -0.1) is 11.3 Å². The average Bonchev–Trinajstić information content (AvgIpc) is 3.64. The molecule has 1 aliphatic heterocycles. The summed E-state index contributed by atoms with van der Waals surface area (Å²) in [6.45, 7) is 0.490. The number of thiophene rings is 1. The van der Waals surface area contributed by atoms with Crippen LogP contribution in [0.4, 0.5) is 13.2 Å². The summed E-state index contributed by atoms with van der Waals surface area (Å²) in [6, 6.07) is 6.09. The highest BCUT2D eigenvalue weighted by Crippen LogP contribution is 2.54. The number of benzene rings is 1. The number of aromatic nitrogens is 2. The SMILES string of the molecule is COCC#Cc1csc(C2(c3nc4c(c(=O)[nH]3)CN(C(=O)[C@H](O)c3cccc(C(F)(F)F)c3)CCC4)CC2)c1. The fourth-order valence-electron chi connectivity index (χ4n) is 4.82. The maximum atomic E-state index is 13.2. The summed E-state index contributed by atoms with van der Waals surface area (Å²) in [7, 11) is 1.58. The Morgan fingerprint density at radius 2 is 2.13 bits per heavy atom. The van der Waals surface area contributed by atoms with Crippen LogP contribution >= 0.6 is 11.3 Å². The molecule has 0 unspecified atom stereocenters. The van der Waals surface area contributed by atoms with Gasteiger partial charge >= 0.3 is 6.18 Å². The van der Waals surface area contributed by atoms with Gasteiger partial charge in [0.2, 0.25) is 0 Å². The van der Waals surface area contributed by atoms with Gasteiger partial charge in [-0.25, -0.2) is 4.98 Å². The van der Waals surface area contributed by atoms with E-state index in [2.05, 4.69) is 16.8 Å². The van der Waals surface area contributed by atoms with Gasteiger partial charge in [-0.1, -0.05) is 24.0 Å². The second-order valence-electron chi connectivity index (χ2n) is 9.75. The molecule has 0 saturated heterocycles. The van der Waals surface area contributed by atoms with E-state index < -0.39 is 23.8 Å². The lowest BCUT2D eigenvalue weighted by Gasteiger charge is -2.24. The lowest BCUT2D eigenvalue weighted by Crippen LogP contribution is -2.36. The summed E-state index contributed by atoms with van der Waals surface area (Å²) >= 11 is 1.57. The Morgan fingerprint density at radius 1 is 1.33 bits per heavy atom. The molecule has 1 fully saturated rings. The molecule has 1 aliphatic carbocycles.